The van der Waals surface area contributed by atoms with E-state index < -0.39 is 17.7 Å². The second-order valence-electron chi connectivity index (χ2n) is 8.05. The van der Waals surface area contributed by atoms with Crippen molar-refractivity contribution < 1.29 is 19.4 Å². The molecule has 1 aliphatic heterocycles. The fraction of sp³-hybridized carbons (Fsp3) is 0.280. The van der Waals surface area contributed by atoms with Gasteiger partial charge in [-0.15, -0.1) is 0 Å². The maximum Gasteiger partial charge on any atom is 0.295 e. The fourth-order valence-electron chi connectivity index (χ4n) is 4.12. The first-order chi connectivity index (χ1) is 14.9. The number of ketones is 1. The minimum atomic E-state index is -0.683. The lowest BCUT2D eigenvalue weighted by Crippen LogP contribution is -2.32. The summed E-state index contributed by atoms with van der Waals surface area (Å²) in [6.45, 7) is 4.76. The first-order valence-corrected chi connectivity index (χ1v) is 10.4. The molecule has 1 aromatic heterocycles. The number of aromatic nitrogens is 1. The molecule has 1 unspecified atom stereocenters. The predicted octanol–water partition coefficient (Wildman–Crippen LogP) is 4.36. The Balaban J connectivity index is 1.88. The molecule has 31 heavy (non-hydrogen) atoms. The third-order valence-electron chi connectivity index (χ3n) is 5.84. The molecule has 0 radical (unpaired) electrons. The number of nitrogens with zero attached hydrogens (tertiary/aromatic N) is 1. The zero-order chi connectivity index (χ0) is 22.1. The van der Waals surface area contributed by atoms with Crippen LogP contribution in [0.5, 0.6) is 0 Å². The number of carbonyl (C=O) groups excluding carboxylic acids is 2. The fourth-order valence-corrected chi connectivity index (χ4v) is 4.12. The van der Waals surface area contributed by atoms with E-state index in [0.29, 0.717) is 18.1 Å². The van der Waals surface area contributed by atoms with Crippen LogP contribution in [0.4, 0.5) is 0 Å². The molecule has 160 valence electrons. The van der Waals surface area contributed by atoms with Gasteiger partial charge >= 0.3 is 0 Å². The van der Waals surface area contributed by atoms with Crippen molar-refractivity contribution in [2.45, 2.75) is 25.8 Å². The van der Waals surface area contributed by atoms with Gasteiger partial charge in [-0.3, -0.25) is 9.59 Å². The molecule has 2 N–H and O–H groups in total. The van der Waals surface area contributed by atoms with Crippen molar-refractivity contribution >= 4 is 28.4 Å². The van der Waals surface area contributed by atoms with Crippen LogP contribution >= 0.6 is 0 Å². The highest BCUT2D eigenvalue weighted by atomic mass is 16.5. The molecule has 1 aliphatic rings. The third kappa shape index (κ3) is 3.64. The number of benzene rings is 2. The van der Waals surface area contributed by atoms with E-state index in [1.165, 1.54) is 4.90 Å². The molecule has 4 rings (SSSR count). The lowest BCUT2D eigenvalue weighted by atomic mass is 9.93. The van der Waals surface area contributed by atoms with Gasteiger partial charge in [-0.05, 0) is 23.1 Å². The minimum absolute atomic E-state index is 0.100. The summed E-state index contributed by atoms with van der Waals surface area (Å²) in [4.78, 5) is 30.5. The molecule has 2 heterocycles. The van der Waals surface area contributed by atoms with Crippen molar-refractivity contribution in [1.82, 2.24) is 9.88 Å². The van der Waals surface area contributed by atoms with E-state index in [1.54, 1.807) is 13.3 Å². The quantitative estimate of drug-likeness (QED) is 0.354. The zero-order valence-corrected chi connectivity index (χ0v) is 17.9. The number of para-hydroxylation sites is 1. The Kier molecular flexibility index (Phi) is 5.65. The van der Waals surface area contributed by atoms with Crippen molar-refractivity contribution in [1.29, 1.82) is 0 Å². The second kappa shape index (κ2) is 8.40. The van der Waals surface area contributed by atoms with Gasteiger partial charge in [-0.25, -0.2) is 0 Å². The van der Waals surface area contributed by atoms with Gasteiger partial charge in [0.1, 0.15) is 5.76 Å². The van der Waals surface area contributed by atoms with Crippen molar-refractivity contribution in [3.8, 4) is 0 Å². The normalized spacial score (nSPS) is 18.5. The van der Waals surface area contributed by atoms with Crippen LogP contribution in [0, 0.1) is 0 Å². The van der Waals surface area contributed by atoms with E-state index >= 15 is 0 Å². The van der Waals surface area contributed by atoms with Gasteiger partial charge in [-0.2, -0.15) is 0 Å². The van der Waals surface area contributed by atoms with Gasteiger partial charge in [0.25, 0.3) is 11.7 Å². The molecular weight excluding hydrogens is 392 g/mol. The first kappa shape index (κ1) is 20.9. The summed E-state index contributed by atoms with van der Waals surface area (Å²) in [6.07, 6.45) is 1.67. The van der Waals surface area contributed by atoms with E-state index in [1.807, 2.05) is 48.5 Å². The molecular formula is C25H26N2O4. The van der Waals surface area contributed by atoms with E-state index in [4.69, 9.17) is 4.74 Å². The highest BCUT2D eigenvalue weighted by Gasteiger charge is 2.46. The van der Waals surface area contributed by atoms with E-state index in [9.17, 15) is 14.7 Å². The Hall–Kier alpha value is -3.38. The van der Waals surface area contributed by atoms with E-state index in [-0.39, 0.29) is 17.9 Å². The first-order valence-electron chi connectivity index (χ1n) is 10.4. The van der Waals surface area contributed by atoms with E-state index in [0.717, 1.165) is 22.0 Å². The number of aliphatic hydroxyl groups is 1. The number of likely N-dealkylation sites (tertiary alicyclic amines) is 1. The van der Waals surface area contributed by atoms with E-state index in [2.05, 4.69) is 18.8 Å². The number of nitrogens with one attached hydrogen (secondary N) is 1. The minimum Gasteiger partial charge on any atom is -0.507 e. The molecule has 0 saturated carbocycles. The Bertz CT molecular complexity index is 1160. The molecule has 1 saturated heterocycles. The van der Waals surface area contributed by atoms with Crippen LogP contribution in [0.3, 0.4) is 0 Å². The predicted molar refractivity (Wildman–Crippen MR) is 120 cm³/mol. The molecule has 0 spiro atoms. The SMILES string of the molecule is COCCN1C(=O)C(=O)/C(=C(\O)c2c[nH]c3ccccc23)C1c1ccc(C(C)C)cc1. The number of rotatable bonds is 6. The van der Waals surface area contributed by atoms with Gasteiger partial charge in [0.05, 0.1) is 18.2 Å². The van der Waals surface area contributed by atoms with Crippen molar-refractivity contribution in [3.63, 3.8) is 0 Å². The standard InChI is InChI=1S/C25H26N2O4/c1-15(2)16-8-10-17(11-9-16)22-21(24(29)25(30)27(22)12-13-31-3)23(28)19-14-26-20-7-5-4-6-18(19)20/h4-11,14-15,22,26,28H,12-13H2,1-3H3/b23-21-. The van der Waals surface area contributed by atoms with Crippen LogP contribution in [0.25, 0.3) is 16.7 Å². The summed E-state index contributed by atoms with van der Waals surface area (Å²) >= 11 is 0. The van der Waals surface area contributed by atoms with Crippen LogP contribution in [0.15, 0.2) is 60.3 Å². The number of methoxy groups -OCH3 is 1. The molecule has 0 aliphatic carbocycles. The van der Waals surface area contributed by atoms with Crippen LogP contribution in [-0.2, 0) is 14.3 Å². The second-order valence-corrected chi connectivity index (χ2v) is 8.05. The van der Waals surface area contributed by atoms with Crippen LogP contribution in [-0.4, -0.2) is 46.9 Å². The average Bonchev–Trinajstić information content (AvgIpc) is 3.31. The summed E-state index contributed by atoms with van der Waals surface area (Å²) in [5.41, 5.74) is 3.39. The lowest BCUT2D eigenvalue weighted by molar-refractivity contribution is -0.140. The lowest BCUT2D eigenvalue weighted by Gasteiger charge is -2.25. The van der Waals surface area contributed by atoms with Crippen LogP contribution in [0.1, 0.15) is 42.5 Å². The Morgan fingerprint density at radius 3 is 2.52 bits per heavy atom. The Morgan fingerprint density at radius 1 is 1.13 bits per heavy atom. The number of amides is 1. The molecule has 6 nitrogen and oxygen atoms in total. The van der Waals surface area contributed by atoms with Crippen molar-refractivity contribution in [2.75, 3.05) is 20.3 Å². The van der Waals surface area contributed by atoms with Crippen LogP contribution in [0.2, 0.25) is 0 Å². The number of aliphatic hydroxyl groups excluding tert-OH is 1. The molecule has 0 bridgehead atoms. The maximum atomic E-state index is 13.1. The highest BCUT2D eigenvalue weighted by Crippen LogP contribution is 2.40. The average molecular weight is 418 g/mol. The van der Waals surface area contributed by atoms with Gasteiger partial charge in [0, 0.05) is 36.3 Å². The summed E-state index contributed by atoms with van der Waals surface area (Å²) in [5, 5.41) is 12.0. The largest absolute Gasteiger partial charge is 0.507 e. The van der Waals surface area contributed by atoms with Gasteiger partial charge < -0.3 is 19.7 Å². The van der Waals surface area contributed by atoms with Gasteiger partial charge in [0.2, 0.25) is 0 Å². The number of hydrogen-bond donors (Lipinski definition) is 2. The summed E-state index contributed by atoms with van der Waals surface area (Å²) < 4.78 is 5.16. The number of hydrogen-bond acceptors (Lipinski definition) is 4. The molecule has 6 heteroatoms. The van der Waals surface area contributed by atoms with Crippen LogP contribution < -0.4 is 0 Å². The highest BCUT2D eigenvalue weighted by molar-refractivity contribution is 6.46. The number of Topliss-reactive ketones (excluding diaryl/α,β-unsaturated/α-hetero) is 1. The van der Waals surface area contributed by atoms with Gasteiger partial charge in [0.15, 0.2) is 0 Å². The number of H-pyrrole nitrogens is 1. The molecule has 2 aromatic carbocycles. The topological polar surface area (TPSA) is 82.6 Å². The molecule has 1 amide bonds. The maximum absolute atomic E-state index is 13.1. The third-order valence-corrected chi connectivity index (χ3v) is 5.84. The molecule has 1 atom stereocenters. The monoisotopic (exact) mass is 418 g/mol. The summed E-state index contributed by atoms with van der Waals surface area (Å²) in [6, 6.07) is 14.7. The number of fused-ring (bicyclic) bond motifs is 1. The van der Waals surface area contributed by atoms with Crippen molar-refractivity contribution in [2.24, 2.45) is 0 Å². The van der Waals surface area contributed by atoms with Gasteiger partial charge in [-0.1, -0.05) is 56.3 Å². The number of ether oxygens (including phenoxy) is 1. The summed E-state index contributed by atoms with van der Waals surface area (Å²) in [5.74, 6) is -1.12. The Labute approximate surface area is 181 Å². The Morgan fingerprint density at radius 2 is 1.84 bits per heavy atom. The molecule has 1 fully saturated rings. The smallest absolute Gasteiger partial charge is 0.295 e. The number of aromatic amines is 1. The number of carbonyl (C=O) groups is 2. The molecule has 3 aromatic rings. The summed E-state index contributed by atoms with van der Waals surface area (Å²) in [7, 11) is 1.55. The zero-order valence-electron chi connectivity index (χ0n) is 17.9. The van der Waals surface area contributed by atoms with Crippen molar-refractivity contribution in [3.05, 3.63) is 77.0 Å².